The molecule has 7 nitrogen and oxygen atoms in total. The van der Waals surface area contributed by atoms with Crippen LogP contribution in [0.15, 0.2) is 36.4 Å². The average Bonchev–Trinajstić information content (AvgIpc) is 2.82. The van der Waals surface area contributed by atoms with Gasteiger partial charge >= 0.3 is 0 Å². The van der Waals surface area contributed by atoms with Gasteiger partial charge in [-0.2, -0.15) is 0 Å². The highest BCUT2D eigenvalue weighted by Gasteiger charge is 2.33. The summed E-state index contributed by atoms with van der Waals surface area (Å²) >= 11 is 24.7. The van der Waals surface area contributed by atoms with Crippen LogP contribution in [-0.2, 0) is 26.2 Å². The first-order valence-electron chi connectivity index (χ1n) is 12.4. The molecule has 0 bridgehead atoms. The van der Waals surface area contributed by atoms with Crippen molar-refractivity contribution in [2.45, 2.75) is 64.1 Å². The van der Waals surface area contributed by atoms with Crippen molar-refractivity contribution in [2.75, 3.05) is 17.1 Å². The Kier molecular flexibility index (Phi) is 11.0. The van der Waals surface area contributed by atoms with Crippen LogP contribution in [0.2, 0.25) is 20.1 Å². The van der Waals surface area contributed by atoms with Crippen LogP contribution < -0.4 is 9.62 Å². The lowest BCUT2D eigenvalue weighted by Gasteiger charge is -2.34. The van der Waals surface area contributed by atoms with Gasteiger partial charge in [-0.3, -0.25) is 13.9 Å². The molecule has 0 radical (unpaired) electrons. The van der Waals surface area contributed by atoms with Gasteiger partial charge in [0, 0.05) is 32.7 Å². The molecule has 0 saturated heterocycles. The molecular weight excluding hydrogens is 592 g/mol. The maximum atomic E-state index is 13.8. The number of hydrogen-bond donors (Lipinski definition) is 1. The monoisotopic (exact) mass is 621 g/mol. The number of halogens is 4. The van der Waals surface area contributed by atoms with Gasteiger partial charge < -0.3 is 10.2 Å². The maximum absolute atomic E-state index is 13.8. The summed E-state index contributed by atoms with van der Waals surface area (Å²) in [7, 11) is -3.92. The van der Waals surface area contributed by atoms with E-state index in [2.05, 4.69) is 5.32 Å². The van der Waals surface area contributed by atoms with Crippen LogP contribution in [0.1, 0.15) is 51.0 Å². The molecule has 1 saturated carbocycles. The minimum atomic E-state index is -3.92. The Morgan fingerprint density at radius 2 is 1.61 bits per heavy atom. The number of amides is 2. The van der Waals surface area contributed by atoms with E-state index in [9.17, 15) is 18.0 Å². The zero-order valence-electron chi connectivity index (χ0n) is 21.2. The fraction of sp³-hybridized carbons (Fsp3) is 0.462. The molecule has 1 fully saturated rings. The van der Waals surface area contributed by atoms with E-state index in [1.54, 1.807) is 25.1 Å². The Morgan fingerprint density at radius 1 is 0.974 bits per heavy atom. The Morgan fingerprint density at radius 3 is 2.16 bits per heavy atom. The summed E-state index contributed by atoms with van der Waals surface area (Å²) < 4.78 is 26.4. The van der Waals surface area contributed by atoms with Crippen molar-refractivity contribution in [3.05, 3.63) is 62.1 Å². The number of nitrogens with one attached hydrogen (secondary N) is 1. The molecule has 1 atom stereocenters. The topological polar surface area (TPSA) is 86.8 Å². The number of hydrogen-bond acceptors (Lipinski definition) is 4. The fourth-order valence-corrected chi connectivity index (χ4v) is 6.41. The number of rotatable bonds is 10. The summed E-state index contributed by atoms with van der Waals surface area (Å²) in [5, 5.41) is 4.29. The molecular formula is C26H31Cl4N3O4S. The van der Waals surface area contributed by atoms with Gasteiger partial charge in [-0.15, -0.1) is 0 Å². The third-order valence-electron chi connectivity index (χ3n) is 6.51. The molecule has 1 N–H and O–H groups in total. The fourth-order valence-electron chi connectivity index (χ4n) is 4.59. The largest absolute Gasteiger partial charge is 0.352 e. The molecule has 3 rings (SSSR count). The van der Waals surface area contributed by atoms with E-state index < -0.39 is 28.5 Å². The molecule has 0 aromatic heterocycles. The first kappa shape index (κ1) is 30.8. The molecule has 0 heterocycles. The summed E-state index contributed by atoms with van der Waals surface area (Å²) in [4.78, 5) is 28.6. The van der Waals surface area contributed by atoms with Crippen LogP contribution in [0.4, 0.5) is 5.69 Å². The minimum Gasteiger partial charge on any atom is -0.352 e. The molecule has 2 aromatic carbocycles. The molecule has 1 aliphatic carbocycles. The van der Waals surface area contributed by atoms with E-state index in [-0.39, 0.29) is 34.2 Å². The van der Waals surface area contributed by atoms with Crippen molar-refractivity contribution < 1.29 is 18.0 Å². The molecule has 0 spiro atoms. The smallest absolute Gasteiger partial charge is 0.244 e. The lowest BCUT2D eigenvalue weighted by atomic mass is 9.95. The summed E-state index contributed by atoms with van der Waals surface area (Å²) in [6, 6.07) is 8.37. The van der Waals surface area contributed by atoms with Gasteiger partial charge in [0.05, 0.1) is 11.9 Å². The second-order valence-corrected chi connectivity index (χ2v) is 13.0. The van der Waals surface area contributed by atoms with E-state index in [1.807, 2.05) is 0 Å². The number of sulfonamides is 1. The first-order chi connectivity index (χ1) is 17.9. The van der Waals surface area contributed by atoms with Gasteiger partial charge in [0.2, 0.25) is 21.8 Å². The Labute approximate surface area is 244 Å². The highest BCUT2D eigenvalue weighted by molar-refractivity contribution is 7.92. The van der Waals surface area contributed by atoms with Gasteiger partial charge in [-0.25, -0.2) is 8.42 Å². The quantitative estimate of drug-likeness (QED) is 0.336. The molecule has 38 heavy (non-hydrogen) atoms. The van der Waals surface area contributed by atoms with Crippen molar-refractivity contribution in [3.63, 3.8) is 0 Å². The number of nitrogens with zero attached hydrogens (tertiary/aromatic N) is 2. The molecule has 208 valence electrons. The molecule has 1 aliphatic rings. The number of anilines is 1. The van der Waals surface area contributed by atoms with Crippen LogP contribution in [0, 0.1) is 0 Å². The van der Waals surface area contributed by atoms with Gasteiger partial charge in [-0.05, 0) is 55.2 Å². The van der Waals surface area contributed by atoms with E-state index >= 15 is 0 Å². The van der Waals surface area contributed by atoms with Crippen LogP contribution in [0.3, 0.4) is 0 Å². The van der Waals surface area contributed by atoms with Gasteiger partial charge in [0.1, 0.15) is 12.6 Å². The third kappa shape index (κ3) is 8.39. The Bertz CT molecular complexity index is 1250. The van der Waals surface area contributed by atoms with Gasteiger partial charge in [0.15, 0.2) is 0 Å². The van der Waals surface area contributed by atoms with Crippen molar-refractivity contribution in [1.29, 1.82) is 0 Å². The third-order valence-corrected chi connectivity index (χ3v) is 8.67. The average molecular weight is 623 g/mol. The summed E-state index contributed by atoms with van der Waals surface area (Å²) in [5.41, 5.74) is 0.715. The highest BCUT2D eigenvalue weighted by Crippen LogP contribution is 2.28. The maximum Gasteiger partial charge on any atom is 0.244 e. The van der Waals surface area contributed by atoms with Gasteiger partial charge in [0.25, 0.3) is 0 Å². The second kappa shape index (κ2) is 13.6. The van der Waals surface area contributed by atoms with Crippen LogP contribution >= 0.6 is 46.4 Å². The van der Waals surface area contributed by atoms with Crippen molar-refractivity contribution in [1.82, 2.24) is 10.2 Å². The van der Waals surface area contributed by atoms with Crippen LogP contribution in [0.5, 0.6) is 0 Å². The zero-order chi connectivity index (χ0) is 28.0. The van der Waals surface area contributed by atoms with Crippen LogP contribution in [-0.4, -0.2) is 50.0 Å². The molecule has 12 heteroatoms. The van der Waals surface area contributed by atoms with E-state index in [0.717, 1.165) is 42.7 Å². The predicted molar refractivity (Wildman–Crippen MR) is 155 cm³/mol. The number of benzene rings is 2. The lowest BCUT2D eigenvalue weighted by molar-refractivity contribution is -0.140. The Hall–Kier alpha value is -1.71. The second-order valence-electron chi connectivity index (χ2n) is 9.42. The summed E-state index contributed by atoms with van der Waals surface area (Å²) in [5.74, 6) is -0.863. The van der Waals surface area contributed by atoms with Crippen molar-refractivity contribution in [3.8, 4) is 0 Å². The summed E-state index contributed by atoms with van der Waals surface area (Å²) in [6.07, 6.45) is 6.29. The van der Waals surface area contributed by atoms with E-state index in [0.29, 0.717) is 22.0 Å². The van der Waals surface area contributed by atoms with Gasteiger partial charge in [-0.1, -0.05) is 78.7 Å². The molecule has 2 amide bonds. The van der Waals surface area contributed by atoms with Crippen LogP contribution in [0.25, 0.3) is 0 Å². The molecule has 0 aliphatic heterocycles. The number of carbonyl (C=O) groups excluding carboxylic acids is 2. The SMILES string of the molecule is CC[C@@H](C(=O)NC1CCCCC1)N(Cc1ccc(Cl)cc1Cl)C(=O)CN(c1cc(Cl)cc(Cl)c1)S(C)(=O)=O. The first-order valence-corrected chi connectivity index (χ1v) is 15.7. The lowest BCUT2D eigenvalue weighted by Crippen LogP contribution is -2.54. The van der Waals surface area contributed by atoms with E-state index in [1.165, 1.54) is 23.1 Å². The minimum absolute atomic E-state index is 0.0146. The standard InChI is InChI=1S/C26H31Cl4N3O4S/c1-3-24(26(35)31-21-7-5-4-6-8-21)32(15-17-9-10-18(27)14-23(17)30)25(34)16-33(38(2,36)37)22-12-19(28)11-20(29)13-22/h9-14,21,24H,3-8,15-16H2,1-2H3,(H,31,35)/t24-/m0/s1. The normalized spacial score (nSPS) is 15.1. The van der Waals surface area contributed by atoms with Crippen molar-refractivity contribution >= 4 is 73.9 Å². The van der Waals surface area contributed by atoms with E-state index in [4.69, 9.17) is 46.4 Å². The molecule has 2 aromatic rings. The highest BCUT2D eigenvalue weighted by atomic mass is 35.5. The zero-order valence-corrected chi connectivity index (χ0v) is 25.1. The van der Waals surface area contributed by atoms with Crippen molar-refractivity contribution in [2.24, 2.45) is 0 Å². The number of carbonyl (C=O) groups is 2. The molecule has 0 unspecified atom stereocenters. The Balaban J connectivity index is 1.96. The summed E-state index contributed by atoms with van der Waals surface area (Å²) in [6.45, 7) is 1.23. The predicted octanol–water partition coefficient (Wildman–Crippen LogP) is 6.32.